The van der Waals surface area contributed by atoms with E-state index in [9.17, 15) is 9.59 Å². The van der Waals surface area contributed by atoms with Crippen LogP contribution in [0.1, 0.15) is 26.3 Å². The van der Waals surface area contributed by atoms with Crippen molar-refractivity contribution in [2.45, 2.75) is 6.61 Å². The van der Waals surface area contributed by atoms with Crippen LogP contribution in [0, 0.1) is 0 Å². The summed E-state index contributed by atoms with van der Waals surface area (Å²) in [5.41, 5.74) is 2.26. The lowest BCUT2D eigenvalue weighted by Gasteiger charge is -2.14. The van der Waals surface area contributed by atoms with Crippen LogP contribution in [0.4, 0.5) is 5.69 Å². The van der Waals surface area contributed by atoms with Crippen LogP contribution >= 0.6 is 11.6 Å². The molecule has 0 unspecified atom stereocenters. The fourth-order valence-electron chi connectivity index (χ4n) is 2.89. The summed E-state index contributed by atoms with van der Waals surface area (Å²) in [6, 6.07) is 21.2. The van der Waals surface area contributed by atoms with E-state index >= 15 is 0 Å². The summed E-state index contributed by atoms with van der Waals surface area (Å²) in [6.07, 6.45) is 0. The number of amides is 2. The quantitative estimate of drug-likeness (QED) is 0.630. The van der Waals surface area contributed by atoms with Crippen LogP contribution in [0.25, 0.3) is 0 Å². The third-order valence-corrected chi connectivity index (χ3v) is 4.61. The van der Waals surface area contributed by atoms with Gasteiger partial charge in [-0.15, -0.1) is 0 Å². The van der Waals surface area contributed by atoms with Crippen molar-refractivity contribution < 1.29 is 14.3 Å². The number of hydrogen-bond acceptors (Lipinski definition) is 3. The van der Waals surface area contributed by atoms with Crippen molar-refractivity contribution in [1.82, 2.24) is 0 Å². The Labute approximate surface area is 155 Å². The molecule has 0 saturated heterocycles. The predicted octanol–water partition coefficient (Wildman–Crippen LogP) is 4.72. The number of nitrogens with zero attached hydrogens (tertiary/aromatic N) is 1. The van der Waals surface area contributed by atoms with Crippen molar-refractivity contribution in [2.75, 3.05) is 4.90 Å². The number of hydrogen-bond donors (Lipinski definition) is 0. The summed E-state index contributed by atoms with van der Waals surface area (Å²) in [5.74, 6) is 0.0101. The van der Waals surface area contributed by atoms with E-state index in [1.807, 2.05) is 24.3 Å². The Bertz CT molecular complexity index is 963. The third kappa shape index (κ3) is 2.85. The van der Waals surface area contributed by atoms with E-state index in [1.54, 1.807) is 48.5 Å². The van der Waals surface area contributed by atoms with E-state index in [0.717, 1.165) is 5.56 Å². The number of imide groups is 1. The molecule has 1 aliphatic heterocycles. The molecule has 5 heteroatoms. The SMILES string of the molecule is O=C1c2ccccc2C(=O)N1c1ccc(OCc2ccccc2Cl)cc1. The first-order valence-electron chi connectivity index (χ1n) is 8.09. The lowest BCUT2D eigenvalue weighted by atomic mass is 10.1. The molecule has 0 saturated carbocycles. The molecule has 4 rings (SSSR count). The molecule has 0 N–H and O–H groups in total. The maximum Gasteiger partial charge on any atom is 0.266 e. The number of carbonyl (C=O) groups is 2. The second-order valence-electron chi connectivity index (χ2n) is 5.87. The van der Waals surface area contributed by atoms with E-state index in [0.29, 0.717) is 34.2 Å². The van der Waals surface area contributed by atoms with Gasteiger partial charge in [0.2, 0.25) is 0 Å². The molecule has 0 radical (unpaired) electrons. The average molecular weight is 364 g/mol. The highest BCUT2D eigenvalue weighted by Gasteiger charge is 2.36. The van der Waals surface area contributed by atoms with Crippen LogP contribution in [0.3, 0.4) is 0 Å². The van der Waals surface area contributed by atoms with E-state index in [2.05, 4.69) is 0 Å². The molecule has 0 fully saturated rings. The molecule has 0 aromatic heterocycles. The molecule has 3 aromatic rings. The topological polar surface area (TPSA) is 46.6 Å². The molecular formula is C21H14ClNO3. The normalized spacial score (nSPS) is 13.0. The zero-order chi connectivity index (χ0) is 18.1. The molecule has 26 heavy (non-hydrogen) atoms. The van der Waals surface area contributed by atoms with Gasteiger partial charge in [0.1, 0.15) is 12.4 Å². The molecule has 0 bridgehead atoms. The average Bonchev–Trinajstić information content (AvgIpc) is 2.93. The van der Waals surface area contributed by atoms with Crippen molar-refractivity contribution in [3.63, 3.8) is 0 Å². The number of halogens is 1. The number of carbonyl (C=O) groups excluding carboxylic acids is 2. The van der Waals surface area contributed by atoms with Crippen LogP contribution in [0.15, 0.2) is 72.8 Å². The predicted molar refractivity (Wildman–Crippen MR) is 99.8 cm³/mol. The Morgan fingerprint density at radius 1 is 0.769 bits per heavy atom. The van der Waals surface area contributed by atoms with Gasteiger partial charge in [0.15, 0.2) is 0 Å². The van der Waals surface area contributed by atoms with Gasteiger partial charge < -0.3 is 4.74 Å². The molecule has 3 aromatic carbocycles. The van der Waals surface area contributed by atoms with Crippen molar-refractivity contribution in [2.24, 2.45) is 0 Å². The van der Waals surface area contributed by atoms with E-state index in [1.165, 1.54) is 4.90 Å². The molecule has 2 amide bonds. The Balaban J connectivity index is 1.51. The van der Waals surface area contributed by atoms with Gasteiger partial charge in [-0.2, -0.15) is 0 Å². The third-order valence-electron chi connectivity index (χ3n) is 4.24. The fourth-order valence-corrected chi connectivity index (χ4v) is 3.08. The highest BCUT2D eigenvalue weighted by Crippen LogP contribution is 2.29. The maximum absolute atomic E-state index is 12.5. The molecular weight excluding hydrogens is 350 g/mol. The van der Waals surface area contributed by atoms with E-state index in [-0.39, 0.29) is 11.8 Å². The second-order valence-corrected chi connectivity index (χ2v) is 6.27. The van der Waals surface area contributed by atoms with Crippen molar-refractivity contribution in [3.8, 4) is 5.75 Å². The van der Waals surface area contributed by atoms with Gasteiger partial charge in [-0.1, -0.05) is 41.9 Å². The van der Waals surface area contributed by atoms with Crippen LogP contribution in [0.5, 0.6) is 5.75 Å². The van der Waals surface area contributed by atoms with Crippen LogP contribution in [-0.4, -0.2) is 11.8 Å². The highest BCUT2D eigenvalue weighted by atomic mass is 35.5. The summed E-state index contributed by atoms with van der Waals surface area (Å²) >= 11 is 6.12. The minimum absolute atomic E-state index is 0.310. The first-order chi connectivity index (χ1) is 12.6. The summed E-state index contributed by atoms with van der Waals surface area (Å²) in [7, 11) is 0. The summed E-state index contributed by atoms with van der Waals surface area (Å²) in [5, 5.41) is 0.648. The first kappa shape index (κ1) is 16.4. The summed E-state index contributed by atoms with van der Waals surface area (Å²) < 4.78 is 5.73. The van der Waals surface area contributed by atoms with Gasteiger partial charge in [0.25, 0.3) is 11.8 Å². The standard InChI is InChI=1S/C21H14ClNO3/c22-19-8-4-1-5-14(19)13-26-16-11-9-15(10-12-16)23-20(24)17-6-2-3-7-18(17)21(23)25/h1-12H,13H2. The van der Waals surface area contributed by atoms with Crippen molar-refractivity contribution in [1.29, 1.82) is 0 Å². The molecule has 4 nitrogen and oxygen atoms in total. The fraction of sp³-hybridized carbons (Fsp3) is 0.0476. The smallest absolute Gasteiger partial charge is 0.266 e. The van der Waals surface area contributed by atoms with Gasteiger partial charge >= 0.3 is 0 Å². The van der Waals surface area contributed by atoms with Gasteiger partial charge in [-0.05, 0) is 42.5 Å². The van der Waals surface area contributed by atoms with E-state index in [4.69, 9.17) is 16.3 Å². The van der Waals surface area contributed by atoms with Gasteiger partial charge in [-0.25, -0.2) is 4.90 Å². The highest BCUT2D eigenvalue weighted by molar-refractivity contribution is 6.34. The van der Waals surface area contributed by atoms with Crippen molar-refractivity contribution in [3.05, 3.63) is 94.5 Å². The Morgan fingerprint density at radius 3 is 1.96 bits per heavy atom. The molecule has 1 heterocycles. The number of ether oxygens (including phenoxy) is 1. The minimum Gasteiger partial charge on any atom is -0.489 e. The lowest BCUT2D eigenvalue weighted by molar-refractivity contribution is 0.0926. The molecule has 0 spiro atoms. The number of benzene rings is 3. The van der Waals surface area contributed by atoms with Gasteiger partial charge in [-0.3, -0.25) is 9.59 Å². The molecule has 0 atom stereocenters. The molecule has 0 aliphatic carbocycles. The van der Waals surface area contributed by atoms with Crippen LogP contribution < -0.4 is 9.64 Å². The van der Waals surface area contributed by atoms with Crippen LogP contribution in [0.2, 0.25) is 5.02 Å². The maximum atomic E-state index is 12.5. The van der Waals surface area contributed by atoms with Crippen LogP contribution in [-0.2, 0) is 6.61 Å². The zero-order valence-electron chi connectivity index (χ0n) is 13.7. The van der Waals surface area contributed by atoms with Gasteiger partial charge in [0.05, 0.1) is 16.8 Å². The number of fused-ring (bicyclic) bond motifs is 1. The Hall–Kier alpha value is -3.11. The zero-order valence-corrected chi connectivity index (χ0v) is 14.4. The van der Waals surface area contributed by atoms with Crippen molar-refractivity contribution >= 4 is 29.1 Å². The largest absolute Gasteiger partial charge is 0.489 e. The number of rotatable bonds is 4. The monoisotopic (exact) mass is 363 g/mol. The molecule has 1 aliphatic rings. The molecule has 128 valence electrons. The minimum atomic E-state index is -0.310. The first-order valence-corrected chi connectivity index (χ1v) is 8.47. The summed E-state index contributed by atoms with van der Waals surface area (Å²) in [4.78, 5) is 26.2. The lowest BCUT2D eigenvalue weighted by Crippen LogP contribution is -2.29. The second kappa shape index (κ2) is 6.65. The summed E-state index contributed by atoms with van der Waals surface area (Å²) in [6.45, 7) is 0.339. The Kier molecular flexibility index (Phi) is 4.19. The van der Waals surface area contributed by atoms with Gasteiger partial charge in [0, 0.05) is 10.6 Å². The van der Waals surface area contributed by atoms with E-state index < -0.39 is 0 Å². The Morgan fingerprint density at radius 2 is 1.35 bits per heavy atom. The number of anilines is 1.